The molecule has 0 aromatic rings. The van der Waals surface area contributed by atoms with E-state index in [0.717, 1.165) is 33.8 Å². The van der Waals surface area contributed by atoms with Crippen LogP contribution in [-0.4, -0.2) is 44.4 Å². The smallest absolute Gasteiger partial charge is 0.0482 e. The minimum Gasteiger partial charge on any atom is -0.396 e. The van der Waals surface area contributed by atoms with Crippen LogP contribution >= 0.6 is 23.5 Å². The quantitative estimate of drug-likeness (QED) is 0.214. The molecular formula is C26H48O2S2. The monoisotopic (exact) mass is 456 g/mol. The number of unbranched alkanes of at least 4 members (excludes halogenated alkanes) is 2. The molecule has 0 aromatic heterocycles. The van der Waals surface area contributed by atoms with Gasteiger partial charge in [-0.3, -0.25) is 0 Å². The summed E-state index contributed by atoms with van der Waals surface area (Å²) < 4.78 is 0. The molecule has 4 atom stereocenters. The fraction of sp³-hybridized carbons (Fsp3) is 0.923. The number of rotatable bonds is 14. The van der Waals surface area contributed by atoms with Gasteiger partial charge >= 0.3 is 0 Å². The van der Waals surface area contributed by atoms with Gasteiger partial charge in [0.2, 0.25) is 0 Å². The molecule has 0 radical (unpaired) electrons. The van der Waals surface area contributed by atoms with Crippen LogP contribution in [0.2, 0.25) is 0 Å². The summed E-state index contributed by atoms with van der Waals surface area (Å²) in [5.74, 6) is 0. The Hall–Kier alpha value is 0.360. The van der Waals surface area contributed by atoms with E-state index in [4.69, 9.17) is 0 Å². The molecule has 2 fully saturated rings. The lowest BCUT2D eigenvalue weighted by molar-refractivity contribution is 0.147. The summed E-state index contributed by atoms with van der Waals surface area (Å²) in [6.45, 7) is 9.28. The van der Waals surface area contributed by atoms with Crippen molar-refractivity contribution in [3.63, 3.8) is 0 Å². The van der Waals surface area contributed by atoms with Crippen LogP contribution in [-0.2, 0) is 0 Å². The van der Waals surface area contributed by atoms with Gasteiger partial charge < -0.3 is 10.2 Å². The second-order valence-corrected chi connectivity index (χ2v) is 14.4. The fourth-order valence-corrected chi connectivity index (χ4v) is 7.58. The van der Waals surface area contributed by atoms with Crippen LogP contribution in [0, 0.1) is 10.8 Å². The van der Waals surface area contributed by atoms with Gasteiger partial charge in [-0.25, -0.2) is 0 Å². The van der Waals surface area contributed by atoms with Crippen molar-refractivity contribution in [3.8, 4) is 0 Å². The first-order valence-electron chi connectivity index (χ1n) is 12.4. The molecular weight excluding hydrogens is 408 g/mol. The topological polar surface area (TPSA) is 40.5 Å². The summed E-state index contributed by atoms with van der Waals surface area (Å²) >= 11 is 4.43. The summed E-state index contributed by atoms with van der Waals surface area (Å²) in [7, 11) is 0. The maximum atomic E-state index is 9.38. The zero-order valence-corrected chi connectivity index (χ0v) is 21.7. The Morgan fingerprint density at radius 3 is 1.43 bits per heavy atom. The third kappa shape index (κ3) is 10.3. The molecule has 30 heavy (non-hydrogen) atoms. The standard InChI is InChI=1S/C26H48O2S2/c1-25(2,19-27)17-7-5-9-21-11-13-23(29-21)15-16-24-14-12-22(30-24)10-6-8-18-26(3,4)20-28/h15-16,21-24,27-28H,5-14,17-20H2,1-4H3. The van der Waals surface area contributed by atoms with Crippen LogP contribution in [0.4, 0.5) is 0 Å². The van der Waals surface area contributed by atoms with E-state index in [0.29, 0.717) is 13.2 Å². The maximum Gasteiger partial charge on any atom is 0.0482 e. The molecule has 2 aliphatic heterocycles. The summed E-state index contributed by atoms with van der Waals surface area (Å²) in [4.78, 5) is 0. The minimum atomic E-state index is 0.0981. The zero-order valence-electron chi connectivity index (χ0n) is 20.1. The molecule has 2 aliphatic rings. The third-order valence-electron chi connectivity index (χ3n) is 6.94. The van der Waals surface area contributed by atoms with Gasteiger partial charge in [-0.05, 0) is 62.2 Å². The SMILES string of the molecule is CC(C)(CO)CCCCC1CCC(C=CC2CCC(CCCCC(C)(C)CO)S2)S1. The molecule has 2 saturated heterocycles. The molecule has 2 nitrogen and oxygen atoms in total. The van der Waals surface area contributed by atoms with E-state index in [1.807, 2.05) is 0 Å². The molecule has 0 aromatic carbocycles. The lowest BCUT2D eigenvalue weighted by Crippen LogP contribution is -2.16. The molecule has 2 N–H and O–H groups in total. The molecule has 0 saturated carbocycles. The minimum absolute atomic E-state index is 0.0981. The van der Waals surface area contributed by atoms with E-state index < -0.39 is 0 Å². The Bertz CT molecular complexity index is 459. The van der Waals surface area contributed by atoms with Crippen LogP contribution in [0.1, 0.15) is 105 Å². The summed E-state index contributed by atoms with van der Waals surface area (Å²) in [6, 6.07) is 0. The van der Waals surface area contributed by atoms with Crippen molar-refractivity contribution in [3.05, 3.63) is 12.2 Å². The first-order chi connectivity index (χ1) is 14.2. The highest BCUT2D eigenvalue weighted by Gasteiger charge is 2.26. The average molecular weight is 457 g/mol. The van der Waals surface area contributed by atoms with Crippen molar-refractivity contribution >= 4 is 23.5 Å². The van der Waals surface area contributed by atoms with E-state index in [1.54, 1.807) is 0 Å². The van der Waals surface area contributed by atoms with Crippen LogP contribution < -0.4 is 0 Å². The predicted octanol–water partition coefficient (Wildman–Crippen LogP) is 7.23. The molecule has 2 heterocycles. The van der Waals surface area contributed by atoms with Crippen molar-refractivity contribution < 1.29 is 10.2 Å². The van der Waals surface area contributed by atoms with Crippen molar-refractivity contribution in [2.24, 2.45) is 10.8 Å². The first-order valence-corrected chi connectivity index (χ1v) is 14.3. The zero-order chi connectivity index (χ0) is 22.0. The van der Waals surface area contributed by atoms with Gasteiger partial charge in [0.05, 0.1) is 0 Å². The number of aliphatic hydroxyl groups is 2. The summed E-state index contributed by atoms with van der Waals surface area (Å²) in [5, 5.41) is 21.9. The van der Waals surface area contributed by atoms with Crippen molar-refractivity contribution in [1.82, 2.24) is 0 Å². The predicted molar refractivity (Wildman–Crippen MR) is 137 cm³/mol. The van der Waals surface area contributed by atoms with Crippen molar-refractivity contribution in [1.29, 1.82) is 0 Å². The van der Waals surface area contributed by atoms with Crippen LogP contribution in [0.3, 0.4) is 0 Å². The second-order valence-electron chi connectivity index (χ2n) is 11.3. The highest BCUT2D eigenvalue weighted by Crippen LogP contribution is 2.40. The highest BCUT2D eigenvalue weighted by atomic mass is 32.2. The van der Waals surface area contributed by atoms with Gasteiger partial charge in [0, 0.05) is 34.2 Å². The van der Waals surface area contributed by atoms with Crippen LogP contribution in [0.5, 0.6) is 0 Å². The molecule has 0 aliphatic carbocycles. The maximum absolute atomic E-state index is 9.38. The number of aliphatic hydroxyl groups excluding tert-OH is 2. The van der Waals surface area contributed by atoms with Crippen LogP contribution in [0.15, 0.2) is 12.2 Å². The normalized spacial score (nSPS) is 28.1. The van der Waals surface area contributed by atoms with Crippen molar-refractivity contribution in [2.75, 3.05) is 13.2 Å². The molecule has 0 spiro atoms. The molecule has 176 valence electrons. The largest absolute Gasteiger partial charge is 0.396 e. The number of hydrogen-bond donors (Lipinski definition) is 2. The lowest BCUT2D eigenvalue weighted by atomic mass is 9.88. The van der Waals surface area contributed by atoms with Crippen LogP contribution in [0.25, 0.3) is 0 Å². The summed E-state index contributed by atoms with van der Waals surface area (Å²) in [5.41, 5.74) is 0.196. The fourth-order valence-electron chi connectivity index (χ4n) is 4.53. The van der Waals surface area contributed by atoms with Gasteiger partial charge in [-0.2, -0.15) is 23.5 Å². The number of thioether (sulfide) groups is 2. The Labute approximate surface area is 195 Å². The molecule has 0 amide bonds. The molecule has 2 rings (SSSR count). The van der Waals surface area contributed by atoms with E-state index in [-0.39, 0.29) is 10.8 Å². The second kappa shape index (κ2) is 13.2. The van der Waals surface area contributed by atoms with E-state index in [9.17, 15) is 10.2 Å². The molecule has 4 heteroatoms. The average Bonchev–Trinajstić information content (AvgIpc) is 3.36. The van der Waals surface area contributed by atoms with E-state index in [2.05, 4.69) is 63.4 Å². The summed E-state index contributed by atoms with van der Waals surface area (Å²) in [6.07, 6.45) is 20.7. The van der Waals surface area contributed by atoms with E-state index in [1.165, 1.54) is 64.2 Å². The Balaban J connectivity index is 1.55. The lowest BCUT2D eigenvalue weighted by Gasteiger charge is -2.21. The Kier molecular flexibility index (Phi) is 11.7. The number of hydrogen-bond acceptors (Lipinski definition) is 4. The first kappa shape index (κ1) is 26.6. The van der Waals surface area contributed by atoms with Gasteiger partial charge in [0.15, 0.2) is 0 Å². The van der Waals surface area contributed by atoms with Crippen molar-refractivity contribution in [2.45, 2.75) is 126 Å². The molecule has 0 bridgehead atoms. The third-order valence-corrected chi connectivity index (χ3v) is 10.1. The van der Waals surface area contributed by atoms with E-state index >= 15 is 0 Å². The highest BCUT2D eigenvalue weighted by molar-refractivity contribution is 8.01. The Morgan fingerprint density at radius 1 is 0.667 bits per heavy atom. The van der Waals surface area contributed by atoms with Gasteiger partial charge in [0.1, 0.15) is 0 Å². The Morgan fingerprint density at radius 2 is 1.07 bits per heavy atom. The molecule has 4 unspecified atom stereocenters. The van der Waals surface area contributed by atoms with Gasteiger partial charge in [0.25, 0.3) is 0 Å². The van der Waals surface area contributed by atoms with Gasteiger partial charge in [-0.1, -0.05) is 65.5 Å². The van der Waals surface area contributed by atoms with Gasteiger partial charge in [-0.15, -0.1) is 0 Å².